The highest BCUT2D eigenvalue weighted by atomic mass is 14.9. The lowest BCUT2D eigenvalue weighted by Gasteiger charge is -2.12. The van der Waals surface area contributed by atoms with Gasteiger partial charge in [-0.05, 0) is 121 Å². The number of rotatable bonds is 2. The Kier molecular flexibility index (Phi) is 10.7. The summed E-state index contributed by atoms with van der Waals surface area (Å²) in [6, 6.07) is 74.1. The van der Waals surface area contributed by atoms with Crippen LogP contribution in [0.5, 0.6) is 0 Å². The Morgan fingerprint density at radius 3 is 0.868 bits per heavy atom. The Morgan fingerprint density at radius 2 is 0.425 bits per heavy atom. The van der Waals surface area contributed by atoms with Crippen LogP contribution < -0.4 is 0 Å². The molecular weight excluding hydrogens is 1310 g/mol. The van der Waals surface area contributed by atoms with E-state index in [4.69, 9.17) is 84.7 Å². The normalized spacial score (nSPS) is 12.5. The molecule has 0 aliphatic carbocycles. The minimum absolute atomic E-state index is 0.534. The van der Waals surface area contributed by atoms with Gasteiger partial charge in [-0.25, -0.2) is 69.8 Å². The Bertz CT molecular complexity index is 8510. The van der Waals surface area contributed by atoms with E-state index in [-0.39, 0.29) is 0 Å². The zero-order valence-electron chi connectivity index (χ0n) is 55.1. The maximum Gasteiger partial charge on any atom is 0.0996 e. The standard InChI is InChI=1S/C88H40N18/c1-2-66-81(91-32-1)49(29-33-89-66)57-19-11-41-3-6-44-14-22-60(96-76(44)73(41)93-57)52-36-69-70-39-55-64-26-18-48-10-9-47-15-23-61(97-79(47)80(48)100-64)53-37-68-65-27-28-67-82(101-65)50(30-34-90-67)58-20-12-42-4-7-45-16-24-62(98-77(45)74(42)94-58)54-38-71(105-86(53)85(54)102-68)72-40-56(87(104-70)88(55)106-72)63-25-17-46-8-5-43-13-21-59(95-75(43)78(46)99-63)51-31-35-92-83(52)84(51)103-69/h1-40H. The number of fused-ring (bicyclic) bond motifs is 25. The number of benzene rings is 4. The smallest absolute Gasteiger partial charge is 0.0996 e. The van der Waals surface area contributed by atoms with Gasteiger partial charge < -0.3 is 0 Å². The van der Waals surface area contributed by atoms with Crippen LogP contribution in [-0.4, -0.2) is 89.7 Å². The Labute approximate surface area is 592 Å². The average Bonchev–Trinajstić information content (AvgIpc) is 0.727. The Hall–Kier alpha value is -15.0. The second-order valence-electron chi connectivity index (χ2n) is 27.3. The third-order valence-electron chi connectivity index (χ3n) is 21.4. The van der Waals surface area contributed by atoms with Gasteiger partial charge >= 0.3 is 0 Å². The van der Waals surface area contributed by atoms with E-state index in [0.29, 0.717) is 138 Å². The molecule has 482 valence electrons. The average molecular weight is 1350 g/mol. The number of hydrogen-bond donors (Lipinski definition) is 0. The number of pyridine rings is 18. The fraction of sp³-hybridized carbons (Fsp3) is 0. The molecule has 0 saturated heterocycles. The van der Waals surface area contributed by atoms with Crippen molar-refractivity contribution in [2.75, 3.05) is 0 Å². The van der Waals surface area contributed by atoms with Gasteiger partial charge in [0.15, 0.2) is 0 Å². The van der Waals surface area contributed by atoms with Crippen molar-refractivity contribution < 1.29 is 0 Å². The summed E-state index contributed by atoms with van der Waals surface area (Å²) < 4.78 is 0. The molecule has 0 aliphatic heterocycles. The molecule has 0 aliphatic rings. The molecule has 24 bridgehead atoms. The predicted octanol–water partition coefficient (Wildman–Crippen LogP) is 19.5. The van der Waals surface area contributed by atoms with Gasteiger partial charge in [-0.3, -0.25) is 19.9 Å². The van der Waals surface area contributed by atoms with Crippen molar-refractivity contribution in [1.29, 1.82) is 0 Å². The van der Waals surface area contributed by atoms with Gasteiger partial charge in [0.05, 0.1) is 177 Å². The molecule has 0 spiro atoms. The van der Waals surface area contributed by atoms with E-state index >= 15 is 0 Å². The number of hydrogen-bond acceptors (Lipinski definition) is 18. The Morgan fingerprint density at radius 1 is 0.142 bits per heavy atom. The second kappa shape index (κ2) is 20.4. The van der Waals surface area contributed by atoms with E-state index in [2.05, 4.69) is 157 Å². The van der Waals surface area contributed by atoms with Crippen LogP contribution in [0.2, 0.25) is 0 Å². The van der Waals surface area contributed by atoms with Gasteiger partial charge in [0.1, 0.15) is 0 Å². The molecule has 18 nitrogen and oxygen atoms in total. The SMILES string of the molecule is c1cnc2c(-c3ccc4ccc5ccc(-c6cc7nc8c6nccc8c6ccc8ccc9ccc(nc9c8n6)c6cc8nc9c(cc7nc69)c6ccc7ccc9ccc(nc9c7n6)c6cc7nc9c(cc8nc69)c6ccc8ccc9ccc(nc9c8n6)c6ccnc8ccc7nc86)nc5c4n3)ccnc2c1. The van der Waals surface area contributed by atoms with E-state index in [1.807, 2.05) is 79.1 Å². The van der Waals surface area contributed by atoms with Gasteiger partial charge in [0.2, 0.25) is 0 Å². The number of aromatic nitrogens is 18. The first-order valence-corrected chi connectivity index (χ1v) is 34.7. The summed E-state index contributed by atoms with van der Waals surface area (Å²) in [6.07, 6.45) is 7.22. The van der Waals surface area contributed by atoms with Crippen molar-refractivity contribution >= 4 is 241 Å². The fourth-order valence-corrected chi connectivity index (χ4v) is 16.2. The monoisotopic (exact) mass is 1350 g/mol. The summed E-state index contributed by atoms with van der Waals surface area (Å²) in [5, 5.41) is 11.8. The summed E-state index contributed by atoms with van der Waals surface area (Å²) in [6.45, 7) is 0. The highest BCUT2D eigenvalue weighted by Crippen LogP contribution is 2.41. The zero-order valence-corrected chi connectivity index (χ0v) is 55.1. The van der Waals surface area contributed by atoms with Crippen LogP contribution in [0, 0.1) is 0 Å². The highest BCUT2D eigenvalue weighted by Gasteiger charge is 2.22. The first-order valence-electron chi connectivity index (χ1n) is 34.7. The lowest BCUT2D eigenvalue weighted by molar-refractivity contribution is 1.31. The first kappa shape index (κ1) is 55.7. The van der Waals surface area contributed by atoms with Crippen molar-refractivity contribution in [3.63, 3.8) is 0 Å². The quantitative estimate of drug-likeness (QED) is 0.146. The van der Waals surface area contributed by atoms with E-state index < -0.39 is 0 Å². The molecule has 0 amide bonds. The van der Waals surface area contributed by atoms with Crippen LogP contribution in [0.3, 0.4) is 0 Å². The minimum atomic E-state index is 0.534. The molecule has 21 aromatic heterocycles. The van der Waals surface area contributed by atoms with Crippen molar-refractivity contribution in [3.05, 3.63) is 243 Å². The molecule has 0 saturated carbocycles. The van der Waals surface area contributed by atoms with Gasteiger partial charge in [-0.15, -0.1) is 0 Å². The van der Waals surface area contributed by atoms with Gasteiger partial charge in [0.25, 0.3) is 0 Å². The summed E-state index contributed by atoms with van der Waals surface area (Å²) in [4.78, 5) is 98.2. The van der Waals surface area contributed by atoms with Gasteiger partial charge in [-0.2, -0.15) is 0 Å². The van der Waals surface area contributed by atoms with E-state index in [9.17, 15) is 0 Å². The molecule has 106 heavy (non-hydrogen) atoms. The van der Waals surface area contributed by atoms with Crippen LogP contribution in [0.1, 0.15) is 0 Å². The maximum absolute atomic E-state index is 5.84. The van der Waals surface area contributed by atoms with Gasteiger partial charge in [0, 0.05) is 111 Å². The molecule has 25 aromatic rings. The van der Waals surface area contributed by atoms with Crippen molar-refractivity contribution in [3.8, 4) is 22.5 Å². The molecule has 0 unspecified atom stereocenters. The van der Waals surface area contributed by atoms with Crippen LogP contribution in [0.25, 0.3) is 263 Å². The second-order valence-corrected chi connectivity index (χ2v) is 27.3. The van der Waals surface area contributed by atoms with E-state index in [1.54, 1.807) is 12.4 Å². The van der Waals surface area contributed by atoms with Crippen LogP contribution in [0.4, 0.5) is 0 Å². The molecular formula is C88H40N18. The third-order valence-corrected chi connectivity index (χ3v) is 21.4. The molecule has 25 rings (SSSR count). The highest BCUT2D eigenvalue weighted by molar-refractivity contribution is 6.22. The lowest BCUT2D eigenvalue weighted by atomic mass is 10.0. The summed E-state index contributed by atoms with van der Waals surface area (Å²) in [5.41, 5.74) is 22.7. The van der Waals surface area contributed by atoms with Gasteiger partial charge in [-0.1, -0.05) is 97.1 Å². The van der Waals surface area contributed by atoms with Crippen molar-refractivity contribution in [2.45, 2.75) is 0 Å². The van der Waals surface area contributed by atoms with E-state index in [1.165, 1.54) is 0 Å². The van der Waals surface area contributed by atoms with Crippen molar-refractivity contribution in [2.24, 2.45) is 0 Å². The minimum Gasteiger partial charge on any atom is -0.255 e. The maximum atomic E-state index is 5.84. The summed E-state index contributed by atoms with van der Waals surface area (Å²) in [5.74, 6) is 0. The Balaban J connectivity index is 0.858. The first-order chi connectivity index (χ1) is 52.4. The largest absolute Gasteiger partial charge is 0.255 e. The van der Waals surface area contributed by atoms with E-state index in [0.717, 1.165) is 126 Å². The molecule has 0 fully saturated rings. The van der Waals surface area contributed by atoms with Crippen LogP contribution in [0.15, 0.2) is 243 Å². The third kappa shape index (κ3) is 7.91. The lowest BCUT2D eigenvalue weighted by Crippen LogP contribution is -1.97. The molecule has 0 atom stereocenters. The topological polar surface area (TPSA) is 232 Å². The summed E-state index contributed by atoms with van der Waals surface area (Å²) >= 11 is 0. The predicted molar refractivity (Wildman–Crippen MR) is 423 cm³/mol. The molecule has 21 heterocycles. The molecule has 0 N–H and O–H groups in total. The molecule has 0 radical (unpaired) electrons. The molecule has 4 aromatic carbocycles. The fourth-order valence-electron chi connectivity index (χ4n) is 16.2. The zero-order chi connectivity index (χ0) is 68.7. The van der Waals surface area contributed by atoms with Crippen LogP contribution >= 0.6 is 0 Å². The molecule has 18 heteroatoms. The van der Waals surface area contributed by atoms with Crippen LogP contribution in [-0.2, 0) is 0 Å². The number of nitrogens with zero attached hydrogens (tertiary/aromatic N) is 18. The van der Waals surface area contributed by atoms with Crippen molar-refractivity contribution in [1.82, 2.24) is 89.7 Å². The summed E-state index contributed by atoms with van der Waals surface area (Å²) in [7, 11) is 0.